The average molecular weight is 212 g/mol. The van der Waals surface area contributed by atoms with Gasteiger partial charge in [0, 0.05) is 31.1 Å². The summed E-state index contributed by atoms with van der Waals surface area (Å²) in [4.78, 5) is 3.47. The Morgan fingerprint density at radius 2 is 2.27 bits per heavy atom. The summed E-state index contributed by atoms with van der Waals surface area (Å²) >= 11 is 0. The van der Waals surface area contributed by atoms with Gasteiger partial charge in [-0.1, -0.05) is 13.8 Å². The van der Waals surface area contributed by atoms with Crippen molar-refractivity contribution in [1.82, 2.24) is 4.98 Å². The van der Waals surface area contributed by atoms with E-state index in [9.17, 15) is 4.39 Å². The molecule has 0 bridgehead atoms. The first-order valence-electron chi connectivity index (χ1n) is 5.00. The summed E-state index contributed by atoms with van der Waals surface area (Å²) in [5.41, 5.74) is 0.711. The van der Waals surface area contributed by atoms with Crippen molar-refractivity contribution < 1.29 is 9.50 Å². The standard InChI is InChI=1S/C11H17FN2O/c1-11(2,4-6-15)8-14-9-3-5-13-10(12)7-9/h3,5,7,15H,4,6,8H2,1-2H3,(H,13,14). The van der Waals surface area contributed by atoms with E-state index in [0.717, 1.165) is 0 Å². The number of hydrogen-bond acceptors (Lipinski definition) is 3. The summed E-state index contributed by atoms with van der Waals surface area (Å²) in [6.45, 7) is 4.96. The van der Waals surface area contributed by atoms with E-state index < -0.39 is 5.95 Å². The molecule has 0 amide bonds. The maximum atomic E-state index is 12.7. The van der Waals surface area contributed by atoms with Crippen molar-refractivity contribution in [2.45, 2.75) is 20.3 Å². The molecule has 0 aromatic carbocycles. The second kappa shape index (κ2) is 5.07. The number of halogens is 1. The van der Waals surface area contributed by atoms with Crippen LogP contribution in [0, 0.1) is 11.4 Å². The van der Waals surface area contributed by atoms with Gasteiger partial charge in [0.2, 0.25) is 5.95 Å². The van der Waals surface area contributed by atoms with Crippen molar-refractivity contribution in [3.63, 3.8) is 0 Å². The zero-order valence-corrected chi connectivity index (χ0v) is 9.13. The highest BCUT2D eigenvalue weighted by molar-refractivity contribution is 5.41. The molecule has 4 heteroatoms. The number of aliphatic hydroxyl groups excluding tert-OH is 1. The van der Waals surface area contributed by atoms with Crippen LogP contribution < -0.4 is 5.32 Å². The minimum atomic E-state index is -0.486. The lowest BCUT2D eigenvalue weighted by Gasteiger charge is -2.24. The fourth-order valence-electron chi connectivity index (χ4n) is 1.24. The van der Waals surface area contributed by atoms with E-state index >= 15 is 0 Å². The first-order valence-corrected chi connectivity index (χ1v) is 5.00. The molecule has 3 nitrogen and oxygen atoms in total. The van der Waals surface area contributed by atoms with Gasteiger partial charge in [-0.3, -0.25) is 0 Å². The van der Waals surface area contributed by atoms with E-state index in [-0.39, 0.29) is 12.0 Å². The summed E-state index contributed by atoms with van der Waals surface area (Å²) < 4.78 is 12.7. The van der Waals surface area contributed by atoms with Gasteiger partial charge in [0.1, 0.15) is 0 Å². The van der Waals surface area contributed by atoms with Gasteiger partial charge in [-0.05, 0) is 17.9 Å². The lowest BCUT2D eigenvalue weighted by atomic mass is 9.90. The number of aliphatic hydroxyl groups is 1. The van der Waals surface area contributed by atoms with Gasteiger partial charge >= 0.3 is 0 Å². The maximum Gasteiger partial charge on any atom is 0.214 e. The number of aromatic nitrogens is 1. The smallest absolute Gasteiger partial charge is 0.214 e. The molecule has 2 N–H and O–H groups in total. The molecule has 1 aromatic rings. The number of hydrogen-bond donors (Lipinski definition) is 2. The van der Waals surface area contributed by atoms with E-state index in [0.29, 0.717) is 18.7 Å². The molecular weight excluding hydrogens is 195 g/mol. The van der Waals surface area contributed by atoms with Gasteiger partial charge in [-0.2, -0.15) is 4.39 Å². The van der Waals surface area contributed by atoms with Crippen LogP contribution in [0.25, 0.3) is 0 Å². The number of nitrogens with zero attached hydrogens (tertiary/aromatic N) is 1. The van der Waals surface area contributed by atoms with E-state index in [1.54, 1.807) is 6.07 Å². The van der Waals surface area contributed by atoms with Crippen LogP contribution in [0.3, 0.4) is 0 Å². The predicted octanol–water partition coefficient (Wildman–Crippen LogP) is 2.04. The second-order valence-electron chi connectivity index (χ2n) is 4.36. The van der Waals surface area contributed by atoms with Crippen molar-refractivity contribution in [2.24, 2.45) is 5.41 Å². The quantitative estimate of drug-likeness (QED) is 0.734. The molecule has 0 aliphatic carbocycles. The molecule has 0 radical (unpaired) electrons. The summed E-state index contributed by atoms with van der Waals surface area (Å²) in [6.07, 6.45) is 2.14. The molecule has 0 aliphatic heterocycles. The van der Waals surface area contributed by atoms with Crippen molar-refractivity contribution in [3.8, 4) is 0 Å². The van der Waals surface area contributed by atoms with E-state index in [1.807, 2.05) is 13.8 Å². The van der Waals surface area contributed by atoms with Crippen molar-refractivity contribution in [2.75, 3.05) is 18.5 Å². The van der Waals surface area contributed by atoms with Gasteiger partial charge in [0.05, 0.1) is 0 Å². The van der Waals surface area contributed by atoms with E-state index in [1.165, 1.54) is 12.3 Å². The van der Waals surface area contributed by atoms with Crippen molar-refractivity contribution in [3.05, 3.63) is 24.3 Å². The molecule has 0 saturated carbocycles. The Labute approximate surface area is 89.4 Å². The summed E-state index contributed by atoms with van der Waals surface area (Å²) in [6, 6.07) is 3.08. The molecule has 0 saturated heterocycles. The van der Waals surface area contributed by atoms with Crippen molar-refractivity contribution in [1.29, 1.82) is 0 Å². The molecule has 15 heavy (non-hydrogen) atoms. The van der Waals surface area contributed by atoms with Crippen LogP contribution in [0.1, 0.15) is 20.3 Å². The number of nitrogens with one attached hydrogen (secondary N) is 1. The molecule has 0 atom stereocenters. The van der Waals surface area contributed by atoms with Crippen LogP contribution in [0.4, 0.5) is 10.1 Å². The third-order valence-electron chi connectivity index (χ3n) is 2.29. The third-order valence-corrected chi connectivity index (χ3v) is 2.29. The fraction of sp³-hybridized carbons (Fsp3) is 0.545. The summed E-state index contributed by atoms with van der Waals surface area (Å²) in [7, 11) is 0. The monoisotopic (exact) mass is 212 g/mol. The zero-order valence-electron chi connectivity index (χ0n) is 9.13. The predicted molar refractivity (Wildman–Crippen MR) is 58.2 cm³/mol. The van der Waals surface area contributed by atoms with Crippen LogP contribution in [-0.2, 0) is 0 Å². The number of rotatable bonds is 5. The van der Waals surface area contributed by atoms with Crippen molar-refractivity contribution >= 4 is 5.69 Å². The highest BCUT2D eigenvalue weighted by Crippen LogP contribution is 2.20. The molecule has 0 fully saturated rings. The highest BCUT2D eigenvalue weighted by atomic mass is 19.1. The lowest BCUT2D eigenvalue weighted by Crippen LogP contribution is -2.24. The SMILES string of the molecule is CC(C)(CCO)CNc1ccnc(F)c1. The first-order chi connectivity index (χ1) is 7.03. The Kier molecular flexibility index (Phi) is 4.03. The minimum Gasteiger partial charge on any atom is -0.396 e. The molecule has 0 aliphatic rings. The van der Waals surface area contributed by atoms with Crippen LogP contribution in [0.15, 0.2) is 18.3 Å². The Morgan fingerprint density at radius 3 is 2.87 bits per heavy atom. The molecule has 1 aromatic heterocycles. The molecule has 1 rings (SSSR count). The number of anilines is 1. The van der Waals surface area contributed by atoms with Gasteiger partial charge in [-0.15, -0.1) is 0 Å². The molecule has 84 valence electrons. The molecule has 0 unspecified atom stereocenters. The van der Waals surface area contributed by atoms with Gasteiger partial charge in [0.15, 0.2) is 0 Å². The lowest BCUT2D eigenvalue weighted by molar-refractivity contribution is 0.220. The summed E-state index contributed by atoms with van der Waals surface area (Å²) in [5.74, 6) is -0.486. The van der Waals surface area contributed by atoms with Gasteiger partial charge < -0.3 is 10.4 Å². The Balaban J connectivity index is 2.49. The zero-order chi connectivity index (χ0) is 11.3. The first kappa shape index (κ1) is 11.9. The van der Waals surface area contributed by atoms with Gasteiger partial charge in [0.25, 0.3) is 0 Å². The maximum absolute atomic E-state index is 12.7. The number of pyridine rings is 1. The van der Waals surface area contributed by atoms with Crippen LogP contribution in [-0.4, -0.2) is 23.2 Å². The second-order valence-corrected chi connectivity index (χ2v) is 4.36. The highest BCUT2D eigenvalue weighted by Gasteiger charge is 2.16. The third kappa shape index (κ3) is 4.25. The molecular formula is C11H17FN2O. The van der Waals surface area contributed by atoms with Gasteiger partial charge in [-0.25, -0.2) is 4.98 Å². The molecule has 0 spiro atoms. The Hall–Kier alpha value is -1.16. The van der Waals surface area contributed by atoms with Crippen LogP contribution in [0.5, 0.6) is 0 Å². The van der Waals surface area contributed by atoms with Crippen LogP contribution in [0.2, 0.25) is 0 Å². The largest absolute Gasteiger partial charge is 0.396 e. The Morgan fingerprint density at radius 1 is 1.53 bits per heavy atom. The summed E-state index contributed by atoms with van der Waals surface area (Å²) in [5, 5.41) is 12.0. The minimum absolute atomic E-state index is 0.00546. The van der Waals surface area contributed by atoms with E-state index in [4.69, 9.17) is 5.11 Å². The van der Waals surface area contributed by atoms with Crippen LogP contribution >= 0.6 is 0 Å². The van der Waals surface area contributed by atoms with E-state index in [2.05, 4.69) is 10.3 Å². The molecule has 1 heterocycles. The Bertz CT molecular complexity index is 315. The average Bonchev–Trinajstić information content (AvgIpc) is 2.15. The fourth-order valence-corrected chi connectivity index (χ4v) is 1.24. The normalized spacial score (nSPS) is 11.5. The topological polar surface area (TPSA) is 45.1 Å².